The second-order valence-corrected chi connectivity index (χ2v) is 6.30. The van der Waals surface area contributed by atoms with E-state index in [4.69, 9.17) is 4.74 Å². The van der Waals surface area contributed by atoms with E-state index in [1.54, 1.807) is 18.7 Å². The van der Waals surface area contributed by atoms with Gasteiger partial charge in [-0.2, -0.15) is 0 Å². The van der Waals surface area contributed by atoms with Crippen LogP contribution in [-0.2, 0) is 6.42 Å². The minimum Gasteiger partial charge on any atom is -0.494 e. The summed E-state index contributed by atoms with van der Waals surface area (Å²) in [5.41, 5.74) is 2.10. The van der Waals surface area contributed by atoms with Crippen molar-refractivity contribution in [2.45, 2.75) is 31.6 Å². The van der Waals surface area contributed by atoms with Gasteiger partial charge in [-0.15, -0.1) is 11.8 Å². The fourth-order valence-electron chi connectivity index (χ4n) is 2.05. The number of hydrogen-bond donors (Lipinski definition) is 0. The number of carbonyl (C=O) groups excluding carboxylic acids is 1. The molecular weight excluding hydrogens is 292 g/mol. The van der Waals surface area contributed by atoms with Crippen molar-refractivity contribution in [2.24, 2.45) is 0 Å². The molecule has 3 heteroatoms. The molecular formula is C19H22O2S. The first-order valence-electron chi connectivity index (χ1n) is 7.64. The standard InChI is InChI=1S/C19H22O2S/c1-3-16-5-9-18(10-6-16)21-13-4-14-22-19-11-7-17(8-12-19)15(2)20/h5-12H,3-4,13-14H2,1-2H3. The molecule has 0 aliphatic rings. The smallest absolute Gasteiger partial charge is 0.159 e. The Labute approximate surface area is 136 Å². The molecule has 0 N–H and O–H groups in total. The highest BCUT2D eigenvalue weighted by atomic mass is 32.2. The van der Waals surface area contributed by atoms with Crippen LogP contribution >= 0.6 is 11.8 Å². The minimum atomic E-state index is 0.110. The van der Waals surface area contributed by atoms with Crippen molar-refractivity contribution in [1.82, 2.24) is 0 Å². The van der Waals surface area contributed by atoms with Crippen molar-refractivity contribution in [1.29, 1.82) is 0 Å². The summed E-state index contributed by atoms with van der Waals surface area (Å²) in [6.07, 6.45) is 2.05. The SMILES string of the molecule is CCc1ccc(OCCCSc2ccc(C(C)=O)cc2)cc1. The monoisotopic (exact) mass is 314 g/mol. The van der Waals surface area contributed by atoms with Gasteiger partial charge in [-0.05, 0) is 49.6 Å². The van der Waals surface area contributed by atoms with Gasteiger partial charge < -0.3 is 4.74 Å². The maximum atomic E-state index is 11.2. The summed E-state index contributed by atoms with van der Waals surface area (Å²) in [5.74, 6) is 2.05. The summed E-state index contributed by atoms with van der Waals surface area (Å²) >= 11 is 1.79. The fourth-order valence-corrected chi connectivity index (χ4v) is 2.87. The lowest BCUT2D eigenvalue weighted by atomic mass is 10.2. The summed E-state index contributed by atoms with van der Waals surface area (Å²) in [6.45, 7) is 4.46. The van der Waals surface area contributed by atoms with Gasteiger partial charge >= 0.3 is 0 Å². The van der Waals surface area contributed by atoms with Gasteiger partial charge in [0.1, 0.15) is 5.75 Å². The second kappa shape index (κ2) is 8.64. The molecule has 0 saturated carbocycles. The van der Waals surface area contributed by atoms with Crippen molar-refractivity contribution in [3.05, 3.63) is 59.7 Å². The number of thioether (sulfide) groups is 1. The van der Waals surface area contributed by atoms with E-state index in [1.807, 2.05) is 36.4 Å². The summed E-state index contributed by atoms with van der Waals surface area (Å²) < 4.78 is 5.74. The molecule has 0 aliphatic heterocycles. The van der Waals surface area contributed by atoms with Gasteiger partial charge in [0.25, 0.3) is 0 Å². The molecule has 2 aromatic rings. The number of carbonyl (C=O) groups is 1. The van der Waals surface area contributed by atoms with Crippen LogP contribution in [0.4, 0.5) is 0 Å². The largest absolute Gasteiger partial charge is 0.494 e. The van der Waals surface area contributed by atoms with E-state index >= 15 is 0 Å². The Morgan fingerprint density at radius 1 is 1.05 bits per heavy atom. The Morgan fingerprint density at radius 2 is 1.73 bits per heavy atom. The highest BCUT2D eigenvalue weighted by molar-refractivity contribution is 7.99. The Kier molecular flexibility index (Phi) is 6.53. The summed E-state index contributed by atoms with van der Waals surface area (Å²) in [5, 5.41) is 0. The van der Waals surface area contributed by atoms with Crippen LogP contribution in [0.15, 0.2) is 53.4 Å². The molecule has 0 spiro atoms. The van der Waals surface area contributed by atoms with Crippen LogP contribution in [0.1, 0.15) is 36.2 Å². The summed E-state index contributed by atoms with van der Waals surface area (Å²) in [7, 11) is 0. The number of ketones is 1. The fraction of sp³-hybridized carbons (Fsp3) is 0.316. The first kappa shape index (κ1) is 16.6. The van der Waals surface area contributed by atoms with Crippen LogP contribution in [0.3, 0.4) is 0 Å². The van der Waals surface area contributed by atoms with E-state index in [0.717, 1.165) is 36.5 Å². The van der Waals surface area contributed by atoms with Crippen molar-refractivity contribution in [3.63, 3.8) is 0 Å². The van der Waals surface area contributed by atoms with Crippen molar-refractivity contribution < 1.29 is 9.53 Å². The van der Waals surface area contributed by atoms with Gasteiger partial charge in [-0.3, -0.25) is 4.79 Å². The summed E-state index contributed by atoms with van der Waals surface area (Å²) in [4.78, 5) is 12.4. The van der Waals surface area contributed by atoms with Crippen LogP contribution in [0, 0.1) is 0 Å². The lowest BCUT2D eigenvalue weighted by Crippen LogP contribution is -1.98. The molecule has 0 unspecified atom stereocenters. The Hall–Kier alpha value is -1.74. The highest BCUT2D eigenvalue weighted by Gasteiger charge is 2.00. The van der Waals surface area contributed by atoms with E-state index in [2.05, 4.69) is 19.1 Å². The molecule has 0 aromatic heterocycles. The van der Waals surface area contributed by atoms with Gasteiger partial charge in [0.05, 0.1) is 6.61 Å². The molecule has 0 atom stereocenters. The zero-order chi connectivity index (χ0) is 15.8. The van der Waals surface area contributed by atoms with Gasteiger partial charge in [-0.1, -0.05) is 31.2 Å². The third-order valence-corrected chi connectivity index (χ3v) is 4.52. The van der Waals surface area contributed by atoms with Crippen LogP contribution in [0.25, 0.3) is 0 Å². The highest BCUT2D eigenvalue weighted by Crippen LogP contribution is 2.20. The van der Waals surface area contributed by atoms with E-state index in [0.29, 0.717) is 0 Å². The molecule has 2 aromatic carbocycles. The lowest BCUT2D eigenvalue weighted by molar-refractivity contribution is 0.101. The Balaban J connectivity index is 1.67. The molecule has 22 heavy (non-hydrogen) atoms. The maximum Gasteiger partial charge on any atom is 0.159 e. The normalized spacial score (nSPS) is 10.5. The lowest BCUT2D eigenvalue weighted by Gasteiger charge is -2.07. The predicted octanol–water partition coefficient (Wildman–Crippen LogP) is 5.01. The Bertz CT molecular complexity index is 588. The van der Waals surface area contributed by atoms with Gasteiger partial charge in [0.15, 0.2) is 5.78 Å². The first-order valence-corrected chi connectivity index (χ1v) is 8.63. The third kappa shape index (κ3) is 5.23. The van der Waals surface area contributed by atoms with E-state index < -0.39 is 0 Å². The van der Waals surface area contributed by atoms with Crippen molar-refractivity contribution in [2.75, 3.05) is 12.4 Å². The molecule has 0 aliphatic carbocycles. The van der Waals surface area contributed by atoms with E-state index in [-0.39, 0.29) is 5.78 Å². The first-order chi connectivity index (χ1) is 10.7. The zero-order valence-corrected chi connectivity index (χ0v) is 14.0. The average Bonchev–Trinajstić information content (AvgIpc) is 2.55. The van der Waals surface area contributed by atoms with Gasteiger partial charge in [0, 0.05) is 16.2 Å². The number of aryl methyl sites for hydroxylation is 1. The Morgan fingerprint density at radius 3 is 2.32 bits per heavy atom. The third-order valence-electron chi connectivity index (χ3n) is 3.42. The predicted molar refractivity (Wildman–Crippen MR) is 93.1 cm³/mol. The van der Waals surface area contributed by atoms with E-state index in [9.17, 15) is 4.79 Å². The van der Waals surface area contributed by atoms with Gasteiger partial charge in [0.2, 0.25) is 0 Å². The number of benzene rings is 2. The zero-order valence-electron chi connectivity index (χ0n) is 13.2. The molecule has 0 saturated heterocycles. The average molecular weight is 314 g/mol. The molecule has 2 rings (SSSR count). The number of hydrogen-bond acceptors (Lipinski definition) is 3. The number of rotatable bonds is 8. The number of ether oxygens (including phenoxy) is 1. The van der Waals surface area contributed by atoms with Crippen molar-refractivity contribution >= 4 is 17.5 Å². The van der Waals surface area contributed by atoms with E-state index in [1.165, 1.54) is 10.5 Å². The second-order valence-electron chi connectivity index (χ2n) is 5.13. The molecule has 0 bridgehead atoms. The molecule has 2 nitrogen and oxygen atoms in total. The van der Waals surface area contributed by atoms with Crippen LogP contribution in [0.5, 0.6) is 5.75 Å². The van der Waals surface area contributed by atoms with Crippen LogP contribution < -0.4 is 4.74 Å². The van der Waals surface area contributed by atoms with Crippen LogP contribution in [0.2, 0.25) is 0 Å². The molecule has 0 fully saturated rings. The minimum absolute atomic E-state index is 0.110. The quantitative estimate of drug-likeness (QED) is 0.389. The molecule has 0 heterocycles. The van der Waals surface area contributed by atoms with Gasteiger partial charge in [-0.25, -0.2) is 0 Å². The molecule has 116 valence electrons. The van der Waals surface area contributed by atoms with Crippen molar-refractivity contribution in [3.8, 4) is 5.75 Å². The molecule has 0 radical (unpaired) electrons. The maximum absolute atomic E-state index is 11.2. The topological polar surface area (TPSA) is 26.3 Å². The van der Waals surface area contributed by atoms with Crippen LogP contribution in [-0.4, -0.2) is 18.1 Å². The summed E-state index contributed by atoms with van der Waals surface area (Å²) in [6, 6.07) is 16.1. The number of Topliss-reactive ketones (excluding diaryl/α,β-unsaturated/α-hetero) is 1. The molecule has 0 amide bonds.